The maximum Gasteiger partial charge on any atom is 0.317 e. The van der Waals surface area contributed by atoms with E-state index in [1.54, 1.807) is 0 Å². The van der Waals surface area contributed by atoms with Gasteiger partial charge >= 0.3 is 5.97 Å². The molecule has 0 radical (unpaired) electrons. The molecule has 0 bridgehead atoms. The van der Waals surface area contributed by atoms with E-state index >= 15 is 0 Å². The highest BCUT2D eigenvalue weighted by atomic mass is 32.2. The summed E-state index contributed by atoms with van der Waals surface area (Å²) in [4.78, 5) is 12.4. The number of benzene rings is 1. The lowest BCUT2D eigenvalue weighted by Gasteiger charge is -2.17. The van der Waals surface area contributed by atoms with Crippen molar-refractivity contribution >= 4 is 35.6 Å². The van der Waals surface area contributed by atoms with Crippen molar-refractivity contribution in [1.29, 1.82) is 5.26 Å². The average Bonchev–Trinajstić information content (AvgIpc) is 3.03. The number of thioether (sulfide) groups is 2. The molecule has 3 rings (SSSR count). The Kier molecular flexibility index (Phi) is 5.76. The van der Waals surface area contributed by atoms with Crippen molar-refractivity contribution in [2.24, 2.45) is 0 Å². The number of rotatable bonds is 2. The fourth-order valence-corrected chi connectivity index (χ4v) is 5.41. The molecule has 0 fully saturated rings. The predicted octanol–water partition coefficient (Wildman–Crippen LogP) is 4.84. The Morgan fingerprint density at radius 3 is 2.45 bits per heavy atom. The molecule has 0 aromatic heterocycles. The summed E-state index contributed by atoms with van der Waals surface area (Å²) in [5.41, 5.74) is 2.89. The largest absolute Gasteiger partial charge is 0.480 e. The smallest absolute Gasteiger partial charge is 0.317 e. The van der Waals surface area contributed by atoms with Gasteiger partial charge in [-0.05, 0) is 34.8 Å². The third-order valence-electron chi connectivity index (χ3n) is 3.44. The molecule has 1 aromatic rings. The summed E-state index contributed by atoms with van der Waals surface area (Å²) in [6, 6.07) is 10.2. The van der Waals surface area contributed by atoms with Crippen molar-refractivity contribution in [3.63, 3.8) is 0 Å². The second kappa shape index (κ2) is 7.57. The number of nitriles is 1. The number of carboxylic acid groups (broad SMARTS) is 1. The Morgan fingerprint density at radius 1 is 1.27 bits per heavy atom. The number of carbonyl (C=O) groups is 1. The molecule has 1 aliphatic heterocycles. The lowest BCUT2D eigenvalue weighted by molar-refractivity contribution is -0.135. The molecule has 1 unspecified atom stereocenters. The van der Waals surface area contributed by atoms with E-state index in [9.17, 15) is 4.79 Å². The number of allylic oxidation sites excluding steroid dienone is 3. The second-order valence-electron chi connectivity index (χ2n) is 4.96. The van der Waals surface area contributed by atoms with Gasteiger partial charge in [-0.1, -0.05) is 36.4 Å². The van der Waals surface area contributed by atoms with Crippen LogP contribution in [-0.2, 0) is 4.79 Å². The molecule has 0 amide bonds. The van der Waals surface area contributed by atoms with E-state index in [2.05, 4.69) is 50.3 Å². The number of aliphatic carboxylic acids is 1. The number of fused-ring (bicyclic) bond motifs is 1. The molecule has 2 aliphatic rings. The molecular formula is C17H17NO2S2. The van der Waals surface area contributed by atoms with Gasteiger partial charge in [0.05, 0.1) is 10.7 Å². The van der Waals surface area contributed by atoms with Crippen molar-refractivity contribution in [3.8, 4) is 6.07 Å². The van der Waals surface area contributed by atoms with Crippen LogP contribution in [0.2, 0.25) is 0 Å². The van der Waals surface area contributed by atoms with Gasteiger partial charge in [0.15, 0.2) is 0 Å². The van der Waals surface area contributed by atoms with Crippen LogP contribution in [0.15, 0.2) is 40.2 Å². The van der Waals surface area contributed by atoms with Crippen LogP contribution in [0, 0.1) is 11.3 Å². The number of hydrogen-bond acceptors (Lipinski definition) is 4. The van der Waals surface area contributed by atoms with Gasteiger partial charge in [0.2, 0.25) is 0 Å². The van der Waals surface area contributed by atoms with Crippen molar-refractivity contribution in [2.45, 2.75) is 30.8 Å². The van der Waals surface area contributed by atoms with Crippen molar-refractivity contribution < 1.29 is 9.90 Å². The summed E-state index contributed by atoms with van der Waals surface area (Å²) < 4.78 is 0.639. The molecule has 22 heavy (non-hydrogen) atoms. The second-order valence-corrected chi connectivity index (χ2v) is 7.97. The first-order valence-corrected chi connectivity index (χ1v) is 8.65. The summed E-state index contributed by atoms with van der Waals surface area (Å²) in [5.74, 6) is -0.490. The van der Waals surface area contributed by atoms with Crippen molar-refractivity contribution in [2.75, 3.05) is 0 Å². The van der Waals surface area contributed by atoms with Crippen LogP contribution >= 0.6 is 23.5 Å². The minimum absolute atomic E-state index is 0.403. The average molecular weight is 331 g/mol. The first kappa shape index (κ1) is 16.7. The molecule has 0 saturated heterocycles. The van der Waals surface area contributed by atoms with Crippen LogP contribution in [0.3, 0.4) is 0 Å². The zero-order chi connectivity index (χ0) is 16.1. The highest BCUT2D eigenvalue weighted by molar-refractivity contribution is 8.23. The van der Waals surface area contributed by atoms with Gasteiger partial charge in [-0.15, -0.1) is 23.5 Å². The van der Waals surface area contributed by atoms with Crippen molar-refractivity contribution in [3.05, 3.63) is 51.3 Å². The van der Waals surface area contributed by atoms with Crippen LogP contribution in [0.25, 0.3) is 6.08 Å². The summed E-state index contributed by atoms with van der Waals surface area (Å²) in [5, 5.41) is 15.3. The number of nitrogens with zero attached hydrogens (tertiary/aromatic N) is 1. The minimum Gasteiger partial charge on any atom is -0.480 e. The fourth-order valence-electron chi connectivity index (χ4n) is 2.27. The third kappa shape index (κ3) is 3.96. The topological polar surface area (TPSA) is 61.1 Å². The van der Waals surface area contributed by atoms with Crippen LogP contribution in [0.5, 0.6) is 0 Å². The molecule has 3 nitrogen and oxygen atoms in total. The Balaban J connectivity index is 0.000000254. The van der Waals surface area contributed by atoms with Crippen LogP contribution in [0.1, 0.15) is 37.3 Å². The SMILES string of the molecule is CC1=C(C)SC(C2C=Cc3ccccc32)S1.N#CCC(=O)O. The van der Waals surface area contributed by atoms with Crippen molar-refractivity contribution in [1.82, 2.24) is 0 Å². The summed E-state index contributed by atoms with van der Waals surface area (Å²) >= 11 is 4.05. The van der Waals surface area contributed by atoms with Gasteiger partial charge in [0.25, 0.3) is 0 Å². The summed E-state index contributed by atoms with van der Waals surface area (Å²) in [6.45, 7) is 4.47. The van der Waals surface area contributed by atoms with E-state index in [-0.39, 0.29) is 0 Å². The summed E-state index contributed by atoms with van der Waals surface area (Å²) in [6.07, 6.45) is 4.23. The van der Waals surface area contributed by atoms with Gasteiger partial charge in [0, 0.05) is 5.92 Å². The van der Waals surface area contributed by atoms with Gasteiger partial charge in [-0.2, -0.15) is 5.26 Å². The molecule has 1 atom stereocenters. The van der Waals surface area contributed by atoms with E-state index in [4.69, 9.17) is 10.4 Å². The highest BCUT2D eigenvalue weighted by Gasteiger charge is 2.31. The van der Waals surface area contributed by atoms with Gasteiger partial charge in [-0.25, -0.2) is 0 Å². The third-order valence-corrected chi connectivity index (χ3v) is 6.52. The standard InChI is InChI=1S/C14H14S2.C3H3NO2/c1-9-10(2)16-14(15-9)13-8-7-11-5-3-4-6-12(11)13;4-2-1-3(5)6/h3-8,13-14H,1-2H3;1H2,(H,5,6). The fraction of sp³-hybridized carbons (Fsp3) is 0.294. The Labute approximate surface area is 139 Å². The van der Waals surface area contributed by atoms with Crippen LogP contribution in [-0.4, -0.2) is 15.7 Å². The maximum atomic E-state index is 9.38. The number of carboxylic acids is 1. The first-order valence-electron chi connectivity index (χ1n) is 6.89. The van der Waals surface area contributed by atoms with Gasteiger partial charge < -0.3 is 5.11 Å². The number of hydrogen-bond donors (Lipinski definition) is 1. The molecule has 1 N–H and O–H groups in total. The lowest BCUT2D eigenvalue weighted by atomic mass is 10.0. The normalized spacial score (nSPS) is 19.4. The predicted molar refractivity (Wildman–Crippen MR) is 93.4 cm³/mol. The molecule has 5 heteroatoms. The quantitative estimate of drug-likeness (QED) is 0.840. The Hall–Kier alpha value is -1.64. The molecule has 0 saturated carbocycles. The Morgan fingerprint density at radius 2 is 1.91 bits per heavy atom. The Bertz CT molecular complexity index is 659. The van der Waals surface area contributed by atoms with Crippen LogP contribution in [0.4, 0.5) is 0 Å². The minimum atomic E-state index is -1.07. The van der Waals surface area contributed by atoms with Gasteiger partial charge in [0.1, 0.15) is 6.42 Å². The zero-order valence-electron chi connectivity index (χ0n) is 12.4. The highest BCUT2D eigenvalue weighted by Crippen LogP contribution is 2.53. The molecule has 114 valence electrons. The van der Waals surface area contributed by atoms with E-state index in [1.165, 1.54) is 27.0 Å². The zero-order valence-corrected chi connectivity index (χ0v) is 14.1. The first-order chi connectivity index (χ1) is 10.5. The lowest BCUT2D eigenvalue weighted by Crippen LogP contribution is -2.05. The van der Waals surface area contributed by atoms with E-state index in [0.717, 1.165) is 0 Å². The summed E-state index contributed by atoms with van der Waals surface area (Å²) in [7, 11) is 0. The molecule has 0 spiro atoms. The van der Waals surface area contributed by atoms with E-state index in [0.29, 0.717) is 10.5 Å². The monoisotopic (exact) mass is 331 g/mol. The molecule has 1 heterocycles. The van der Waals surface area contributed by atoms with E-state index in [1.807, 2.05) is 23.5 Å². The molecule has 1 aliphatic carbocycles. The van der Waals surface area contributed by atoms with Gasteiger partial charge in [-0.3, -0.25) is 4.79 Å². The molecule has 1 aromatic carbocycles. The molecular weight excluding hydrogens is 314 g/mol. The maximum absolute atomic E-state index is 9.38. The van der Waals surface area contributed by atoms with E-state index < -0.39 is 12.4 Å². The van der Waals surface area contributed by atoms with Crippen LogP contribution < -0.4 is 0 Å².